The minimum Gasteiger partial charge on any atom is -0.372 e. The Kier molecular flexibility index (Phi) is 4.60. The standard InChI is InChI=1S/C14H25N3O/c1-3-14(11-15,16-2)7-4-8-17-9-12-5-6-13(10-17)18-12/h12-13,16H,3-10H2,1-2H3. The summed E-state index contributed by atoms with van der Waals surface area (Å²) in [5.41, 5.74) is -0.328. The number of hydrogen-bond donors (Lipinski definition) is 1. The molecular weight excluding hydrogens is 226 g/mol. The van der Waals surface area contributed by atoms with E-state index in [9.17, 15) is 5.26 Å². The molecule has 2 rings (SSSR count). The van der Waals surface area contributed by atoms with Crippen LogP contribution in [-0.2, 0) is 4.74 Å². The van der Waals surface area contributed by atoms with Gasteiger partial charge in [0.1, 0.15) is 5.54 Å². The van der Waals surface area contributed by atoms with Crippen LogP contribution in [0, 0.1) is 11.3 Å². The fraction of sp³-hybridized carbons (Fsp3) is 0.929. The van der Waals surface area contributed by atoms with Crippen molar-refractivity contribution >= 4 is 0 Å². The maximum absolute atomic E-state index is 9.26. The van der Waals surface area contributed by atoms with E-state index >= 15 is 0 Å². The van der Waals surface area contributed by atoms with E-state index in [2.05, 4.69) is 23.2 Å². The number of ether oxygens (including phenoxy) is 1. The molecule has 102 valence electrons. The molecule has 2 aliphatic rings. The van der Waals surface area contributed by atoms with E-state index in [1.54, 1.807) is 0 Å². The summed E-state index contributed by atoms with van der Waals surface area (Å²) in [7, 11) is 1.89. The molecule has 0 aromatic heterocycles. The van der Waals surface area contributed by atoms with Crippen LogP contribution in [0.15, 0.2) is 0 Å². The van der Waals surface area contributed by atoms with Gasteiger partial charge < -0.3 is 10.1 Å². The Hall–Kier alpha value is -0.630. The third-order valence-electron chi connectivity index (χ3n) is 4.49. The smallest absolute Gasteiger partial charge is 0.106 e. The van der Waals surface area contributed by atoms with Gasteiger partial charge in [-0.3, -0.25) is 4.90 Å². The van der Waals surface area contributed by atoms with Gasteiger partial charge >= 0.3 is 0 Å². The largest absolute Gasteiger partial charge is 0.372 e. The SMILES string of the molecule is CCC(C#N)(CCCN1CC2CCC(C1)O2)NC. The van der Waals surface area contributed by atoms with Crippen molar-refractivity contribution < 1.29 is 4.74 Å². The first kappa shape index (κ1) is 13.8. The molecule has 2 aliphatic heterocycles. The number of nitrogens with one attached hydrogen (secondary N) is 1. The normalized spacial score (nSPS) is 30.9. The Labute approximate surface area is 110 Å². The molecule has 2 heterocycles. The van der Waals surface area contributed by atoms with Gasteiger partial charge in [0.15, 0.2) is 0 Å². The van der Waals surface area contributed by atoms with Crippen molar-refractivity contribution in [1.82, 2.24) is 10.2 Å². The van der Waals surface area contributed by atoms with Crippen LogP contribution in [-0.4, -0.2) is 49.3 Å². The maximum atomic E-state index is 9.26. The van der Waals surface area contributed by atoms with E-state index in [1.165, 1.54) is 12.8 Å². The fourth-order valence-electron chi connectivity index (χ4n) is 3.16. The van der Waals surface area contributed by atoms with Gasteiger partial charge in [-0.25, -0.2) is 0 Å². The van der Waals surface area contributed by atoms with Crippen LogP contribution >= 0.6 is 0 Å². The van der Waals surface area contributed by atoms with Crippen LogP contribution in [0.25, 0.3) is 0 Å². The highest BCUT2D eigenvalue weighted by Crippen LogP contribution is 2.26. The predicted octanol–water partition coefficient (Wildman–Crippen LogP) is 1.52. The molecule has 18 heavy (non-hydrogen) atoms. The van der Waals surface area contributed by atoms with E-state index in [0.29, 0.717) is 12.2 Å². The van der Waals surface area contributed by atoms with Crippen LogP contribution in [0.1, 0.15) is 39.0 Å². The fourth-order valence-corrected chi connectivity index (χ4v) is 3.16. The Morgan fingerprint density at radius 2 is 2.06 bits per heavy atom. The van der Waals surface area contributed by atoms with Crippen molar-refractivity contribution in [3.63, 3.8) is 0 Å². The Morgan fingerprint density at radius 3 is 2.56 bits per heavy atom. The number of nitriles is 1. The number of hydrogen-bond acceptors (Lipinski definition) is 4. The third-order valence-corrected chi connectivity index (χ3v) is 4.49. The number of morpholine rings is 1. The number of fused-ring (bicyclic) bond motifs is 2. The lowest BCUT2D eigenvalue weighted by molar-refractivity contribution is -0.0388. The van der Waals surface area contributed by atoms with Gasteiger partial charge in [0.25, 0.3) is 0 Å². The van der Waals surface area contributed by atoms with Crippen molar-refractivity contribution in [3.05, 3.63) is 0 Å². The van der Waals surface area contributed by atoms with Gasteiger partial charge in [0, 0.05) is 13.1 Å². The second-order valence-corrected chi connectivity index (χ2v) is 5.62. The highest BCUT2D eigenvalue weighted by molar-refractivity contribution is 5.05. The summed E-state index contributed by atoms with van der Waals surface area (Å²) in [6.07, 6.45) is 6.29. The second-order valence-electron chi connectivity index (χ2n) is 5.62. The first-order valence-corrected chi connectivity index (χ1v) is 7.19. The second kappa shape index (κ2) is 6.01. The molecule has 4 nitrogen and oxygen atoms in total. The van der Waals surface area contributed by atoms with Crippen molar-refractivity contribution in [3.8, 4) is 6.07 Å². The molecule has 0 aliphatic carbocycles. The quantitative estimate of drug-likeness (QED) is 0.777. The molecule has 2 fully saturated rings. The van der Waals surface area contributed by atoms with Crippen molar-refractivity contribution in [2.75, 3.05) is 26.7 Å². The molecule has 1 N–H and O–H groups in total. The summed E-state index contributed by atoms with van der Waals surface area (Å²) in [6.45, 7) is 5.35. The highest BCUT2D eigenvalue weighted by atomic mass is 16.5. The van der Waals surface area contributed by atoms with Gasteiger partial charge in [-0.2, -0.15) is 5.26 Å². The molecular formula is C14H25N3O. The molecule has 0 saturated carbocycles. The Bertz CT molecular complexity index is 297. The van der Waals surface area contributed by atoms with Crippen LogP contribution in [0.4, 0.5) is 0 Å². The maximum Gasteiger partial charge on any atom is 0.106 e. The molecule has 0 amide bonds. The van der Waals surface area contributed by atoms with Gasteiger partial charge in [-0.15, -0.1) is 0 Å². The summed E-state index contributed by atoms with van der Waals surface area (Å²) in [6, 6.07) is 2.43. The van der Waals surface area contributed by atoms with Crippen molar-refractivity contribution in [2.45, 2.75) is 56.8 Å². The monoisotopic (exact) mass is 251 g/mol. The zero-order chi connectivity index (χ0) is 13.0. The molecule has 0 aromatic rings. The van der Waals surface area contributed by atoms with Crippen LogP contribution in [0.5, 0.6) is 0 Å². The molecule has 2 saturated heterocycles. The first-order valence-electron chi connectivity index (χ1n) is 7.19. The minimum atomic E-state index is -0.328. The topological polar surface area (TPSA) is 48.3 Å². The summed E-state index contributed by atoms with van der Waals surface area (Å²) < 4.78 is 5.83. The molecule has 0 spiro atoms. The van der Waals surface area contributed by atoms with Gasteiger partial charge in [0.05, 0.1) is 18.3 Å². The number of rotatable bonds is 6. The van der Waals surface area contributed by atoms with Crippen LogP contribution in [0.2, 0.25) is 0 Å². The predicted molar refractivity (Wildman–Crippen MR) is 71.3 cm³/mol. The van der Waals surface area contributed by atoms with E-state index in [1.807, 2.05) is 7.05 Å². The first-order chi connectivity index (χ1) is 8.71. The zero-order valence-electron chi connectivity index (χ0n) is 11.6. The summed E-state index contributed by atoms with van der Waals surface area (Å²) in [5.74, 6) is 0. The minimum absolute atomic E-state index is 0.328. The third kappa shape index (κ3) is 3.03. The van der Waals surface area contributed by atoms with Gasteiger partial charge in [-0.05, 0) is 45.7 Å². The number of nitrogens with zero attached hydrogens (tertiary/aromatic N) is 2. The van der Waals surface area contributed by atoms with E-state index in [4.69, 9.17) is 4.74 Å². The van der Waals surface area contributed by atoms with Gasteiger partial charge in [0.2, 0.25) is 0 Å². The summed E-state index contributed by atoms with van der Waals surface area (Å²) in [4.78, 5) is 2.51. The highest BCUT2D eigenvalue weighted by Gasteiger charge is 2.33. The van der Waals surface area contributed by atoms with Crippen LogP contribution in [0.3, 0.4) is 0 Å². The lowest BCUT2D eigenvalue weighted by Gasteiger charge is -2.33. The average molecular weight is 251 g/mol. The van der Waals surface area contributed by atoms with Crippen molar-refractivity contribution in [2.24, 2.45) is 0 Å². The lowest BCUT2D eigenvalue weighted by Crippen LogP contribution is -2.44. The van der Waals surface area contributed by atoms with E-state index in [-0.39, 0.29) is 5.54 Å². The molecule has 0 radical (unpaired) electrons. The van der Waals surface area contributed by atoms with E-state index in [0.717, 1.165) is 38.9 Å². The van der Waals surface area contributed by atoms with Gasteiger partial charge in [-0.1, -0.05) is 6.92 Å². The average Bonchev–Trinajstić information content (AvgIpc) is 2.75. The van der Waals surface area contributed by atoms with E-state index < -0.39 is 0 Å². The molecule has 0 aromatic carbocycles. The summed E-state index contributed by atoms with van der Waals surface area (Å²) >= 11 is 0. The number of likely N-dealkylation sites (tertiary alicyclic amines) is 1. The zero-order valence-corrected chi connectivity index (χ0v) is 11.6. The lowest BCUT2D eigenvalue weighted by atomic mass is 9.92. The Morgan fingerprint density at radius 1 is 1.39 bits per heavy atom. The molecule has 3 atom stereocenters. The Balaban J connectivity index is 1.74. The molecule has 3 unspecified atom stereocenters. The van der Waals surface area contributed by atoms with Crippen molar-refractivity contribution in [1.29, 1.82) is 5.26 Å². The van der Waals surface area contributed by atoms with Crippen LogP contribution < -0.4 is 5.32 Å². The molecule has 2 bridgehead atoms. The summed E-state index contributed by atoms with van der Waals surface area (Å²) in [5, 5.41) is 12.4. The molecule has 4 heteroatoms.